The summed E-state index contributed by atoms with van der Waals surface area (Å²) in [6.07, 6.45) is 5.36. The molecule has 1 heterocycles. The van der Waals surface area contributed by atoms with E-state index in [0.29, 0.717) is 11.7 Å². The Morgan fingerprint density at radius 2 is 2.12 bits per heavy atom. The Hall–Kier alpha value is -1.45. The molecular weight excluding hydrogens is 214 g/mol. The number of hydrogen-bond acceptors (Lipinski definition) is 4. The van der Waals surface area contributed by atoms with Crippen LogP contribution in [0, 0.1) is 5.41 Å². The minimum Gasteiger partial charge on any atom is -0.475 e. The van der Waals surface area contributed by atoms with Crippen LogP contribution in [-0.2, 0) is 4.74 Å². The van der Waals surface area contributed by atoms with E-state index in [0.717, 1.165) is 18.6 Å². The van der Waals surface area contributed by atoms with Crippen LogP contribution in [0.15, 0.2) is 28.8 Å². The van der Waals surface area contributed by atoms with Gasteiger partial charge in [-0.3, -0.25) is 0 Å². The summed E-state index contributed by atoms with van der Waals surface area (Å²) in [4.78, 5) is 4.21. The van der Waals surface area contributed by atoms with E-state index in [1.54, 1.807) is 6.08 Å². The van der Waals surface area contributed by atoms with Crippen molar-refractivity contribution in [3.05, 3.63) is 23.9 Å². The first-order valence-corrected chi connectivity index (χ1v) is 6.00. The van der Waals surface area contributed by atoms with Crippen molar-refractivity contribution in [2.75, 3.05) is 0 Å². The third-order valence-corrected chi connectivity index (χ3v) is 3.26. The van der Waals surface area contributed by atoms with Crippen LogP contribution in [0.4, 0.5) is 0 Å². The molecule has 0 aromatic rings. The van der Waals surface area contributed by atoms with Crippen molar-refractivity contribution in [2.45, 2.75) is 46.6 Å². The summed E-state index contributed by atoms with van der Waals surface area (Å²) in [6, 6.07) is 0. The minimum absolute atomic E-state index is 0.0170. The molecule has 96 valence electrons. The van der Waals surface area contributed by atoms with E-state index < -0.39 is 0 Å². The molecule has 0 aromatic heterocycles. The van der Waals surface area contributed by atoms with Crippen LogP contribution in [0.3, 0.4) is 0 Å². The Bertz CT molecular complexity index is 367. The van der Waals surface area contributed by atoms with Gasteiger partial charge in [0.05, 0.1) is 0 Å². The molecule has 0 saturated heterocycles. The van der Waals surface area contributed by atoms with Gasteiger partial charge in [0.1, 0.15) is 11.9 Å². The quantitative estimate of drug-likeness (QED) is 0.773. The number of hydrogen-bond donors (Lipinski definition) is 2. The van der Waals surface area contributed by atoms with Gasteiger partial charge in [-0.1, -0.05) is 20.8 Å². The van der Waals surface area contributed by atoms with Crippen molar-refractivity contribution < 1.29 is 4.74 Å². The summed E-state index contributed by atoms with van der Waals surface area (Å²) >= 11 is 0. The molecule has 0 radical (unpaired) electrons. The number of nitrogens with zero attached hydrogens (tertiary/aromatic N) is 1. The van der Waals surface area contributed by atoms with Crippen molar-refractivity contribution >= 4 is 5.71 Å². The third kappa shape index (κ3) is 3.80. The lowest BCUT2D eigenvalue weighted by atomic mass is 9.82. The molecule has 4 heteroatoms. The van der Waals surface area contributed by atoms with E-state index in [9.17, 15) is 0 Å². The molecular formula is C13H23N3O. The predicted octanol–water partition coefficient (Wildman–Crippen LogP) is 2.27. The van der Waals surface area contributed by atoms with E-state index >= 15 is 0 Å². The fourth-order valence-electron chi connectivity index (χ4n) is 1.67. The molecule has 1 unspecified atom stereocenters. The average molecular weight is 237 g/mol. The maximum absolute atomic E-state index is 5.85. The summed E-state index contributed by atoms with van der Waals surface area (Å²) in [7, 11) is 0. The lowest BCUT2D eigenvalue weighted by Gasteiger charge is -2.33. The Balaban J connectivity index is 3.00. The highest BCUT2D eigenvalue weighted by Crippen LogP contribution is 2.31. The molecule has 4 N–H and O–H groups in total. The number of aliphatic imine (C=N–C) groups is 1. The summed E-state index contributed by atoms with van der Waals surface area (Å²) < 4.78 is 5.80. The van der Waals surface area contributed by atoms with Crippen molar-refractivity contribution in [3.63, 3.8) is 0 Å². The van der Waals surface area contributed by atoms with E-state index in [1.165, 1.54) is 0 Å². The number of nitrogens with two attached hydrogens (primary N) is 2. The van der Waals surface area contributed by atoms with Crippen LogP contribution in [0.5, 0.6) is 0 Å². The number of ether oxygens (including phenoxy) is 1. The first kappa shape index (κ1) is 13.6. The maximum atomic E-state index is 5.85. The Kier molecular flexibility index (Phi) is 4.21. The van der Waals surface area contributed by atoms with E-state index in [4.69, 9.17) is 16.2 Å². The molecule has 0 spiro atoms. The molecule has 0 aromatic carbocycles. The maximum Gasteiger partial charge on any atom is 0.186 e. The van der Waals surface area contributed by atoms with Crippen molar-refractivity contribution in [2.24, 2.45) is 21.9 Å². The fourth-order valence-corrected chi connectivity index (χ4v) is 1.67. The van der Waals surface area contributed by atoms with Gasteiger partial charge in [0.25, 0.3) is 0 Å². The standard InChI is InChI=1S/C13H23N3O/c1-5-13(3,4)10-6-7-11(14)16-9(2)8-12(15)17-10/h7-8,10H,5-6,14-15H2,1-4H3/b11-7-,12-8+,16-9-. The second kappa shape index (κ2) is 5.25. The van der Waals surface area contributed by atoms with Gasteiger partial charge in [0, 0.05) is 23.6 Å². The Morgan fingerprint density at radius 3 is 2.71 bits per heavy atom. The molecule has 0 saturated carbocycles. The lowest BCUT2D eigenvalue weighted by Crippen LogP contribution is -2.32. The van der Waals surface area contributed by atoms with Crippen LogP contribution < -0.4 is 11.5 Å². The average Bonchev–Trinajstić information content (AvgIpc) is 2.28. The molecule has 0 aliphatic carbocycles. The largest absolute Gasteiger partial charge is 0.475 e. The molecule has 4 nitrogen and oxygen atoms in total. The molecule has 1 atom stereocenters. The van der Waals surface area contributed by atoms with Gasteiger partial charge < -0.3 is 16.2 Å². The van der Waals surface area contributed by atoms with Gasteiger partial charge in [-0.2, -0.15) is 0 Å². The predicted molar refractivity (Wildman–Crippen MR) is 71.2 cm³/mol. The van der Waals surface area contributed by atoms with Gasteiger partial charge in [-0.25, -0.2) is 4.99 Å². The molecule has 0 amide bonds. The topological polar surface area (TPSA) is 73.6 Å². The summed E-state index contributed by atoms with van der Waals surface area (Å²) in [5.41, 5.74) is 12.5. The second-order valence-corrected chi connectivity index (χ2v) is 5.11. The zero-order chi connectivity index (χ0) is 13.1. The summed E-state index contributed by atoms with van der Waals surface area (Å²) in [5, 5.41) is 0. The highest BCUT2D eigenvalue weighted by molar-refractivity contribution is 5.93. The van der Waals surface area contributed by atoms with Crippen LogP contribution in [0.2, 0.25) is 0 Å². The highest BCUT2D eigenvalue weighted by Gasteiger charge is 2.29. The van der Waals surface area contributed by atoms with Crippen LogP contribution in [0.1, 0.15) is 40.5 Å². The van der Waals surface area contributed by atoms with E-state index in [-0.39, 0.29) is 11.5 Å². The van der Waals surface area contributed by atoms with Gasteiger partial charge in [-0.05, 0) is 19.4 Å². The molecule has 0 fully saturated rings. The smallest absolute Gasteiger partial charge is 0.186 e. The SMILES string of the molecule is CCC(C)(C)C1C\C=C(N)/N=C(C)\C=C(/N)O1. The van der Waals surface area contributed by atoms with Gasteiger partial charge in [0.2, 0.25) is 0 Å². The number of rotatable bonds is 2. The van der Waals surface area contributed by atoms with Gasteiger partial charge in [0.15, 0.2) is 5.88 Å². The zero-order valence-electron chi connectivity index (χ0n) is 11.2. The molecule has 17 heavy (non-hydrogen) atoms. The minimum atomic E-state index is 0.0170. The molecule has 0 bridgehead atoms. The van der Waals surface area contributed by atoms with E-state index in [2.05, 4.69) is 25.8 Å². The third-order valence-electron chi connectivity index (χ3n) is 3.26. The zero-order valence-corrected chi connectivity index (χ0v) is 11.2. The van der Waals surface area contributed by atoms with Crippen molar-refractivity contribution in [3.8, 4) is 0 Å². The van der Waals surface area contributed by atoms with Crippen LogP contribution in [0.25, 0.3) is 0 Å². The lowest BCUT2D eigenvalue weighted by molar-refractivity contribution is 0.0158. The monoisotopic (exact) mass is 237 g/mol. The van der Waals surface area contributed by atoms with Crippen molar-refractivity contribution in [1.29, 1.82) is 0 Å². The van der Waals surface area contributed by atoms with Crippen LogP contribution in [-0.4, -0.2) is 11.8 Å². The summed E-state index contributed by atoms with van der Waals surface area (Å²) in [6.45, 7) is 8.33. The van der Waals surface area contributed by atoms with Crippen molar-refractivity contribution in [1.82, 2.24) is 0 Å². The fraction of sp³-hybridized carbons (Fsp3) is 0.615. The Morgan fingerprint density at radius 1 is 1.47 bits per heavy atom. The Labute approximate surface area is 103 Å². The van der Waals surface area contributed by atoms with Gasteiger partial charge in [-0.15, -0.1) is 0 Å². The second-order valence-electron chi connectivity index (χ2n) is 5.11. The highest BCUT2D eigenvalue weighted by atomic mass is 16.5. The molecule has 1 aliphatic rings. The van der Waals surface area contributed by atoms with Crippen LogP contribution >= 0.6 is 0 Å². The first-order chi connectivity index (χ1) is 7.85. The number of allylic oxidation sites excluding steroid dienone is 1. The normalized spacial score (nSPS) is 31.5. The molecule has 1 rings (SSSR count). The first-order valence-electron chi connectivity index (χ1n) is 6.00. The summed E-state index contributed by atoms with van der Waals surface area (Å²) in [5.74, 6) is 0.926. The molecule has 1 aliphatic heterocycles. The van der Waals surface area contributed by atoms with Gasteiger partial charge >= 0.3 is 0 Å². The van der Waals surface area contributed by atoms with E-state index in [1.807, 2.05) is 13.0 Å².